The van der Waals surface area contributed by atoms with Crippen molar-refractivity contribution in [1.29, 1.82) is 0 Å². The van der Waals surface area contributed by atoms with Crippen LogP contribution in [0, 0.1) is 17.8 Å². The number of thiophene rings is 1. The van der Waals surface area contributed by atoms with Gasteiger partial charge in [0.25, 0.3) is 0 Å². The van der Waals surface area contributed by atoms with Crippen molar-refractivity contribution in [2.45, 2.75) is 18.9 Å². The summed E-state index contributed by atoms with van der Waals surface area (Å²) in [4.78, 5) is 26.4. The number of benzene rings is 1. The SMILES string of the molecule is NC(=O)C1CCCN1CCOCC1C2CN(c3ncnc4scc(-c5ccccc5)c34)CC12. The molecule has 3 atom stereocenters. The summed E-state index contributed by atoms with van der Waals surface area (Å²) in [5.74, 6) is 2.86. The molecule has 2 N–H and O–H groups in total. The fourth-order valence-electron chi connectivity index (χ4n) is 5.82. The zero-order chi connectivity index (χ0) is 22.4. The van der Waals surface area contributed by atoms with Crippen molar-refractivity contribution >= 4 is 33.3 Å². The number of anilines is 1. The Morgan fingerprint density at radius 1 is 1.18 bits per heavy atom. The third kappa shape index (κ3) is 3.90. The fraction of sp³-hybridized carbons (Fsp3) is 0.480. The summed E-state index contributed by atoms with van der Waals surface area (Å²) in [6.45, 7) is 5.29. The molecule has 4 heterocycles. The van der Waals surface area contributed by atoms with Crippen LogP contribution in [0.5, 0.6) is 0 Å². The Bertz CT molecular complexity index is 1140. The van der Waals surface area contributed by atoms with Crippen LogP contribution >= 0.6 is 11.3 Å². The lowest BCUT2D eigenvalue weighted by molar-refractivity contribution is -0.122. The Kier molecular flexibility index (Phi) is 5.52. The largest absolute Gasteiger partial charge is 0.380 e. The van der Waals surface area contributed by atoms with Gasteiger partial charge in [-0.3, -0.25) is 9.69 Å². The molecule has 3 aromatic rings. The molecular formula is C25H29N5O2S. The molecule has 1 amide bonds. The van der Waals surface area contributed by atoms with Crippen molar-refractivity contribution in [1.82, 2.24) is 14.9 Å². The van der Waals surface area contributed by atoms with Crippen molar-refractivity contribution in [2.75, 3.05) is 44.3 Å². The van der Waals surface area contributed by atoms with Gasteiger partial charge in [-0.25, -0.2) is 9.97 Å². The topological polar surface area (TPSA) is 84.6 Å². The number of hydrogen-bond acceptors (Lipinski definition) is 7. The number of aromatic nitrogens is 2. The summed E-state index contributed by atoms with van der Waals surface area (Å²) in [7, 11) is 0. The number of carbonyl (C=O) groups excluding carboxylic acids is 1. The van der Waals surface area contributed by atoms with E-state index in [0.29, 0.717) is 24.4 Å². The number of nitrogens with zero attached hydrogens (tertiary/aromatic N) is 4. The zero-order valence-electron chi connectivity index (χ0n) is 18.6. The van der Waals surface area contributed by atoms with Gasteiger partial charge in [0.15, 0.2) is 0 Å². The maximum atomic E-state index is 11.5. The first kappa shape index (κ1) is 21.0. The van der Waals surface area contributed by atoms with E-state index in [4.69, 9.17) is 15.5 Å². The molecule has 2 saturated heterocycles. The number of primary amides is 1. The van der Waals surface area contributed by atoms with Crippen molar-refractivity contribution < 1.29 is 9.53 Å². The van der Waals surface area contributed by atoms with Gasteiger partial charge in [-0.2, -0.15) is 0 Å². The second-order valence-corrected chi connectivity index (χ2v) is 10.3. The van der Waals surface area contributed by atoms with E-state index in [1.807, 2.05) is 6.07 Å². The van der Waals surface area contributed by atoms with E-state index >= 15 is 0 Å². The Morgan fingerprint density at radius 3 is 2.79 bits per heavy atom. The molecule has 172 valence electrons. The summed E-state index contributed by atoms with van der Waals surface area (Å²) >= 11 is 1.69. The number of carbonyl (C=O) groups is 1. The van der Waals surface area contributed by atoms with Crippen LogP contribution in [0.1, 0.15) is 12.8 Å². The minimum absolute atomic E-state index is 0.106. The molecule has 3 aliphatic rings. The second-order valence-electron chi connectivity index (χ2n) is 9.46. The first-order valence-electron chi connectivity index (χ1n) is 11.8. The van der Waals surface area contributed by atoms with Crippen molar-refractivity contribution in [3.8, 4) is 11.1 Å². The summed E-state index contributed by atoms with van der Waals surface area (Å²) in [5.41, 5.74) is 7.95. The first-order chi connectivity index (χ1) is 16.2. The Labute approximate surface area is 197 Å². The molecule has 3 fully saturated rings. The highest BCUT2D eigenvalue weighted by atomic mass is 32.1. The van der Waals surface area contributed by atoms with E-state index in [9.17, 15) is 4.79 Å². The Balaban J connectivity index is 1.06. The van der Waals surface area contributed by atoms with Gasteiger partial charge in [-0.1, -0.05) is 30.3 Å². The van der Waals surface area contributed by atoms with E-state index < -0.39 is 0 Å². The highest BCUT2D eigenvalue weighted by molar-refractivity contribution is 7.17. The lowest BCUT2D eigenvalue weighted by Crippen LogP contribution is -2.41. The Morgan fingerprint density at radius 2 is 2.00 bits per heavy atom. The van der Waals surface area contributed by atoms with Gasteiger partial charge in [0.2, 0.25) is 5.91 Å². The molecule has 0 radical (unpaired) electrons. The quantitative estimate of drug-likeness (QED) is 0.517. The summed E-state index contributed by atoms with van der Waals surface area (Å²) in [6.07, 6.45) is 3.62. The van der Waals surface area contributed by atoms with E-state index in [1.165, 1.54) is 16.5 Å². The molecule has 1 aliphatic carbocycles. The fourth-order valence-corrected chi connectivity index (χ4v) is 6.73. The van der Waals surface area contributed by atoms with Crippen LogP contribution in [0.25, 0.3) is 21.3 Å². The van der Waals surface area contributed by atoms with Gasteiger partial charge >= 0.3 is 0 Å². The van der Waals surface area contributed by atoms with Crippen LogP contribution < -0.4 is 10.6 Å². The van der Waals surface area contributed by atoms with Crippen molar-refractivity contribution in [2.24, 2.45) is 23.5 Å². The molecule has 8 heteroatoms. The summed E-state index contributed by atoms with van der Waals surface area (Å²) in [6, 6.07) is 10.4. The molecule has 2 aromatic heterocycles. The number of amides is 1. The van der Waals surface area contributed by atoms with E-state index in [-0.39, 0.29) is 11.9 Å². The van der Waals surface area contributed by atoms with Gasteiger partial charge in [0, 0.05) is 30.6 Å². The molecule has 1 aromatic carbocycles. The van der Waals surface area contributed by atoms with E-state index in [2.05, 4.69) is 44.4 Å². The second kappa shape index (κ2) is 8.66. The third-order valence-corrected chi connectivity index (χ3v) is 8.52. The van der Waals surface area contributed by atoms with Gasteiger partial charge < -0.3 is 15.4 Å². The monoisotopic (exact) mass is 463 g/mol. The first-order valence-corrected chi connectivity index (χ1v) is 12.7. The minimum atomic E-state index is -0.204. The van der Waals surface area contributed by atoms with Crippen LogP contribution in [-0.4, -0.2) is 66.2 Å². The van der Waals surface area contributed by atoms with Crippen LogP contribution in [0.4, 0.5) is 5.82 Å². The normalized spacial score (nSPS) is 26.7. The van der Waals surface area contributed by atoms with Crippen molar-refractivity contribution in [3.05, 3.63) is 42.0 Å². The number of rotatable bonds is 8. The molecular weight excluding hydrogens is 434 g/mol. The van der Waals surface area contributed by atoms with Gasteiger partial charge in [0.05, 0.1) is 24.6 Å². The van der Waals surface area contributed by atoms with Crippen LogP contribution in [0.3, 0.4) is 0 Å². The summed E-state index contributed by atoms with van der Waals surface area (Å²) in [5, 5.41) is 3.38. The van der Waals surface area contributed by atoms with Crippen LogP contribution in [0.2, 0.25) is 0 Å². The molecule has 33 heavy (non-hydrogen) atoms. The predicted molar refractivity (Wildman–Crippen MR) is 130 cm³/mol. The van der Waals surface area contributed by atoms with E-state index in [1.54, 1.807) is 17.7 Å². The zero-order valence-corrected chi connectivity index (χ0v) is 19.4. The number of ether oxygens (including phenoxy) is 1. The molecule has 7 nitrogen and oxygen atoms in total. The Hall–Kier alpha value is -2.55. The standard InChI is InChI=1S/C25H29N5O2S/c26-23(31)21-7-4-8-29(21)9-10-32-13-19-17-11-30(12-18(17)19)24-22-20(16-5-2-1-3-6-16)14-33-25(22)28-15-27-24/h1-3,5-6,14-15,17-19,21H,4,7-13H2,(H2,26,31). The molecule has 1 saturated carbocycles. The average Bonchev–Trinajstić information content (AvgIpc) is 3.32. The average molecular weight is 464 g/mol. The molecule has 0 bridgehead atoms. The summed E-state index contributed by atoms with van der Waals surface area (Å²) < 4.78 is 6.02. The number of hydrogen-bond donors (Lipinski definition) is 1. The van der Waals surface area contributed by atoms with E-state index in [0.717, 1.165) is 56.3 Å². The minimum Gasteiger partial charge on any atom is -0.380 e. The number of nitrogens with two attached hydrogens (primary N) is 1. The highest BCUT2D eigenvalue weighted by Gasteiger charge is 2.56. The van der Waals surface area contributed by atoms with Gasteiger partial charge in [0.1, 0.15) is 17.0 Å². The van der Waals surface area contributed by atoms with Crippen LogP contribution in [0.15, 0.2) is 42.0 Å². The van der Waals surface area contributed by atoms with Crippen LogP contribution in [-0.2, 0) is 9.53 Å². The molecule has 6 rings (SSSR count). The number of fused-ring (bicyclic) bond motifs is 2. The molecule has 0 spiro atoms. The molecule has 3 unspecified atom stereocenters. The third-order valence-electron chi connectivity index (χ3n) is 7.63. The lowest BCUT2D eigenvalue weighted by atomic mass is 10.1. The maximum Gasteiger partial charge on any atom is 0.234 e. The van der Waals surface area contributed by atoms with Gasteiger partial charge in [-0.15, -0.1) is 11.3 Å². The maximum absolute atomic E-state index is 11.5. The number of piperidine rings is 1. The van der Waals surface area contributed by atoms with Crippen molar-refractivity contribution in [3.63, 3.8) is 0 Å². The smallest absolute Gasteiger partial charge is 0.234 e. The highest BCUT2D eigenvalue weighted by Crippen LogP contribution is 2.53. The lowest BCUT2D eigenvalue weighted by Gasteiger charge is -2.23. The molecule has 2 aliphatic heterocycles. The number of likely N-dealkylation sites (tertiary alicyclic amines) is 1. The predicted octanol–water partition coefficient (Wildman–Crippen LogP) is 3.01. The van der Waals surface area contributed by atoms with Gasteiger partial charge in [-0.05, 0) is 42.7 Å².